The maximum atomic E-state index is 13.7. The number of esters is 1. The number of aromatic nitrogens is 1. The van der Waals surface area contributed by atoms with E-state index in [1.54, 1.807) is 25.1 Å². The molecule has 0 spiro atoms. The predicted molar refractivity (Wildman–Crippen MR) is 85.3 cm³/mol. The van der Waals surface area contributed by atoms with Crippen molar-refractivity contribution in [2.75, 3.05) is 19.5 Å². The van der Waals surface area contributed by atoms with Gasteiger partial charge >= 0.3 is 5.97 Å². The van der Waals surface area contributed by atoms with Crippen LogP contribution < -0.4 is 10.1 Å². The van der Waals surface area contributed by atoms with Crippen LogP contribution in [-0.4, -0.2) is 25.2 Å². The normalized spacial score (nSPS) is 11.7. The quantitative estimate of drug-likeness (QED) is 0.855. The molecule has 6 heteroatoms. The molecule has 0 amide bonds. The van der Waals surface area contributed by atoms with Crippen molar-refractivity contribution in [3.63, 3.8) is 0 Å². The second-order valence-electron chi connectivity index (χ2n) is 5.12. The van der Waals surface area contributed by atoms with Gasteiger partial charge in [0.05, 0.1) is 20.3 Å². The number of hydrogen-bond donors (Lipinski definition) is 1. The van der Waals surface area contributed by atoms with Crippen LogP contribution in [0.2, 0.25) is 0 Å². The Morgan fingerprint density at radius 2 is 2.00 bits per heavy atom. The zero-order chi connectivity index (χ0) is 17.0. The van der Waals surface area contributed by atoms with Crippen LogP contribution >= 0.6 is 0 Å². The van der Waals surface area contributed by atoms with E-state index in [9.17, 15) is 9.18 Å². The minimum Gasteiger partial charge on any atom is -0.480 e. The average Bonchev–Trinajstić information content (AvgIpc) is 2.56. The lowest BCUT2D eigenvalue weighted by atomic mass is 10.1. The van der Waals surface area contributed by atoms with Crippen LogP contribution in [0.1, 0.15) is 34.5 Å². The molecule has 2 rings (SSSR count). The minimum atomic E-state index is -0.519. The molecule has 1 aromatic carbocycles. The van der Waals surface area contributed by atoms with Gasteiger partial charge in [-0.3, -0.25) is 0 Å². The third-order valence-corrected chi connectivity index (χ3v) is 3.52. The van der Waals surface area contributed by atoms with Crippen molar-refractivity contribution in [2.45, 2.75) is 19.9 Å². The number of aryl methyl sites for hydroxylation is 1. The summed E-state index contributed by atoms with van der Waals surface area (Å²) in [7, 11) is 2.72. The van der Waals surface area contributed by atoms with Gasteiger partial charge in [0.2, 0.25) is 5.88 Å². The molecule has 0 radical (unpaired) electrons. The smallest absolute Gasteiger partial charge is 0.343 e. The Hall–Kier alpha value is -2.63. The second-order valence-corrected chi connectivity index (χ2v) is 5.12. The van der Waals surface area contributed by atoms with E-state index in [4.69, 9.17) is 4.74 Å². The predicted octanol–water partition coefficient (Wildman–Crippen LogP) is 3.50. The van der Waals surface area contributed by atoms with Gasteiger partial charge in [-0.2, -0.15) is 4.98 Å². The summed E-state index contributed by atoms with van der Waals surface area (Å²) in [4.78, 5) is 15.9. The van der Waals surface area contributed by atoms with E-state index in [0.717, 1.165) is 5.56 Å². The van der Waals surface area contributed by atoms with Gasteiger partial charge in [-0.1, -0.05) is 12.1 Å². The van der Waals surface area contributed by atoms with Crippen LogP contribution in [0.4, 0.5) is 10.2 Å². The first kappa shape index (κ1) is 16.7. The van der Waals surface area contributed by atoms with Crippen LogP contribution in [0.3, 0.4) is 0 Å². The molecule has 1 heterocycles. The molecule has 0 aliphatic heterocycles. The highest BCUT2D eigenvalue weighted by atomic mass is 19.1. The van der Waals surface area contributed by atoms with Crippen LogP contribution in [0, 0.1) is 12.7 Å². The van der Waals surface area contributed by atoms with E-state index < -0.39 is 5.97 Å². The summed E-state index contributed by atoms with van der Waals surface area (Å²) in [6.07, 6.45) is 0. The molecule has 1 N–H and O–H groups in total. The fourth-order valence-corrected chi connectivity index (χ4v) is 2.13. The fourth-order valence-electron chi connectivity index (χ4n) is 2.13. The molecule has 0 saturated heterocycles. The molecule has 0 aliphatic rings. The lowest BCUT2D eigenvalue weighted by molar-refractivity contribution is 0.0596. The first-order valence-corrected chi connectivity index (χ1v) is 7.12. The van der Waals surface area contributed by atoms with Crippen LogP contribution in [0.25, 0.3) is 0 Å². The van der Waals surface area contributed by atoms with Crippen molar-refractivity contribution < 1.29 is 18.7 Å². The van der Waals surface area contributed by atoms with Crippen LogP contribution in [-0.2, 0) is 4.74 Å². The Bertz CT molecular complexity index is 719. The molecule has 1 aromatic heterocycles. The van der Waals surface area contributed by atoms with Gasteiger partial charge in [0.25, 0.3) is 0 Å². The Morgan fingerprint density at radius 3 is 2.61 bits per heavy atom. The van der Waals surface area contributed by atoms with E-state index in [1.807, 2.05) is 13.0 Å². The van der Waals surface area contributed by atoms with Gasteiger partial charge in [-0.15, -0.1) is 0 Å². The zero-order valence-electron chi connectivity index (χ0n) is 13.5. The maximum absolute atomic E-state index is 13.7. The van der Waals surface area contributed by atoms with E-state index >= 15 is 0 Å². The number of methoxy groups -OCH3 is 2. The molecule has 0 saturated carbocycles. The molecule has 5 nitrogen and oxygen atoms in total. The standard InChI is InChI=1S/C17H19FN2O3/c1-10-5-6-12(9-14(10)18)11(2)19-15-8-7-13(17(21)23-4)16(20-15)22-3/h5-9,11H,1-4H3,(H,19,20). The Balaban J connectivity index is 2.22. The zero-order valence-corrected chi connectivity index (χ0v) is 13.5. The molecular formula is C17H19FN2O3. The molecule has 1 atom stereocenters. The van der Waals surface area contributed by atoms with E-state index in [0.29, 0.717) is 11.4 Å². The van der Waals surface area contributed by atoms with Gasteiger partial charge in [-0.05, 0) is 43.2 Å². The fraction of sp³-hybridized carbons (Fsp3) is 0.294. The number of rotatable bonds is 5. The van der Waals surface area contributed by atoms with Crippen LogP contribution in [0.15, 0.2) is 30.3 Å². The largest absolute Gasteiger partial charge is 0.480 e. The SMILES string of the molecule is COC(=O)c1ccc(NC(C)c2ccc(C)c(F)c2)nc1OC. The Kier molecular flexibility index (Phi) is 5.16. The highest BCUT2D eigenvalue weighted by Crippen LogP contribution is 2.24. The number of benzene rings is 1. The van der Waals surface area contributed by atoms with Crippen molar-refractivity contribution in [3.05, 3.63) is 52.8 Å². The molecule has 23 heavy (non-hydrogen) atoms. The molecule has 1 unspecified atom stereocenters. The van der Waals surface area contributed by atoms with Gasteiger partial charge in [0.1, 0.15) is 17.2 Å². The summed E-state index contributed by atoms with van der Waals surface area (Å²) in [5, 5.41) is 3.15. The number of anilines is 1. The summed E-state index contributed by atoms with van der Waals surface area (Å²) >= 11 is 0. The first-order chi connectivity index (χ1) is 11.0. The van der Waals surface area contributed by atoms with E-state index in [1.165, 1.54) is 20.3 Å². The summed E-state index contributed by atoms with van der Waals surface area (Å²) in [6.45, 7) is 3.61. The molecule has 0 fully saturated rings. The van der Waals surface area contributed by atoms with Crippen molar-refractivity contribution >= 4 is 11.8 Å². The third kappa shape index (κ3) is 3.77. The molecule has 2 aromatic rings. The number of hydrogen-bond acceptors (Lipinski definition) is 5. The van der Waals surface area contributed by atoms with E-state index in [2.05, 4.69) is 15.0 Å². The summed E-state index contributed by atoms with van der Waals surface area (Å²) < 4.78 is 23.5. The number of ether oxygens (including phenoxy) is 2. The average molecular weight is 318 g/mol. The van der Waals surface area contributed by atoms with Gasteiger partial charge in [-0.25, -0.2) is 9.18 Å². The monoisotopic (exact) mass is 318 g/mol. The molecular weight excluding hydrogens is 299 g/mol. The summed E-state index contributed by atoms with van der Waals surface area (Å²) in [5.74, 6) is -0.0793. The summed E-state index contributed by atoms with van der Waals surface area (Å²) in [6, 6.07) is 8.14. The Labute approximate surface area is 134 Å². The van der Waals surface area contributed by atoms with Gasteiger partial charge < -0.3 is 14.8 Å². The molecule has 0 bridgehead atoms. The lowest BCUT2D eigenvalue weighted by Crippen LogP contribution is -2.11. The van der Waals surface area contributed by atoms with Crippen molar-refractivity contribution in [1.29, 1.82) is 0 Å². The highest BCUT2D eigenvalue weighted by molar-refractivity contribution is 5.92. The van der Waals surface area contributed by atoms with Crippen molar-refractivity contribution in [3.8, 4) is 5.88 Å². The number of halogens is 1. The number of pyridine rings is 1. The van der Waals surface area contributed by atoms with Crippen molar-refractivity contribution in [1.82, 2.24) is 4.98 Å². The maximum Gasteiger partial charge on any atom is 0.343 e. The van der Waals surface area contributed by atoms with Crippen molar-refractivity contribution in [2.24, 2.45) is 0 Å². The summed E-state index contributed by atoms with van der Waals surface area (Å²) in [5.41, 5.74) is 1.64. The molecule has 0 aliphatic carbocycles. The highest BCUT2D eigenvalue weighted by Gasteiger charge is 2.16. The Morgan fingerprint density at radius 1 is 1.26 bits per heavy atom. The van der Waals surface area contributed by atoms with Gasteiger partial charge in [0, 0.05) is 0 Å². The van der Waals surface area contributed by atoms with E-state index in [-0.39, 0.29) is 23.3 Å². The second kappa shape index (κ2) is 7.09. The number of nitrogens with zero attached hydrogens (tertiary/aromatic N) is 1. The first-order valence-electron chi connectivity index (χ1n) is 7.12. The minimum absolute atomic E-state index is 0.161. The molecule has 122 valence electrons. The lowest BCUT2D eigenvalue weighted by Gasteiger charge is -2.16. The number of nitrogens with one attached hydrogen (secondary N) is 1. The third-order valence-electron chi connectivity index (χ3n) is 3.52. The number of carbonyl (C=O) groups is 1. The number of carbonyl (C=O) groups excluding carboxylic acids is 1. The van der Waals surface area contributed by atoms with Crippen LogP contribution in [0.5, 0.6) is 5.88 Å². The van der Waals surface area contributed by atoms with Gasteiger partial charge in [0.15, 0.2) is 0 Å². The topological polar surface area (TPSA) is 60.5 Å².